The molecule has 0 radical (unpaired) electrons. The largest absolute Gasteiger partial charge is 0.482 e. The highest BCUT2D eigenvalue weighted by molar-refractivity contribution is 5.77. The summed E-state index contributed by atoms with van der Waals surface area (Å²) in [6.07, 6.45) is 0. The second kappa shape index (κ2) is 6.06. The first-order chi connectivity index (χ1) is 8.42. The van der Waals surface area contributed by atoms with Gasteiger partial charge in [-0.1, -0.05) is 32.9 Å². The van der Waals surface area contributed by atoms with E-state index in [1.165, 1.54) is 0 Å². The van der Waals surface area contributed by atoms with Gasteiger partial charge in [0, 0.05) is 6.54 Å². The average Bonchev–Trinajstić information content (AvgIpc) is 2.33. The lowest BCUT2D eigenvalue weighted by Crippen LogP contribution is -2.35. The predicted molar refractivity (Wildman–Crippen MR) is 69.1 cm³/mol. The van der Waals surface area contributed by atoms with E-state index in [2.05, 4.69) is 5.32 Å². The molecule has 4 heteroatoms. The lowest BCUT2D eigenvalue weighted by Gasteiger charge is -2.18. The van der Waals surface area contributed by atoms with E-state index in [-0.39, 0.29) is 17.9 Å². The minimum atomic E-state index is -0.183. The summed E-state index contributed by atoms with van der Waals surface area (Å²) in [5.41, 5.74) is 0.473. The van der Waals surface area contributed by atoms with Crippen molar-refractivity contribution in [2.75, 3.05) is 13.2 Å². The van der Waals surface area contributed by atoms with E-state index in [4.69, 9.17) is 10.00 Å². The van der Waals surface area contributed by atoms with Gasteiger partial charge in [0.25, 0.3) is 5.91 Å². The summed E-state index contributed by atoms with van der Waals surface area (Å²) < 4.78 is 5.32. The summed E-state index contributed by atoms with van der Waals surface area (Å²) in [7, 11) is 0. The molecule has 1 rings (SSSR count). The van der Waals surface area contributed by atoms with E-state index in [1.54, 1.807) is 24.3 Å². The summed E-state index contributed by atoms with van der Waals surface area (Å²) in [6, 6.07) is 8.87. The van der Waals surface area contributed by atoms with Gasteiger partial charge in [-0.15, -0.1) is 0 Å². The van der Waals surface area contributed by atoms with Gasteiger partial charge >= 0.3 is 0 Å². The van der Waals surface area contributed by atoms with Crippen molar-refractivity contribution in [3.63, 3.8) is 0 Å². The van der Waals surface area contributed by atoms with Gasteiger partial charge < -0.3 is 10.1 Å². The first-order valence-corrected chi connectivity index (χ1v) is 5.81. The topological polar surface area (TPSA) is 62.1 Å². The maximum Gasteiger partial charge on any atom is 0.257 e. The number of carbonyl (C=O) groups excluding carboxylic acids is 1. The fourth-order valence-corrected chi connectivity index (χ4v) is 1.24. The van der Waals surface area contributed by atoms with Crippen molar-refractivity contribution in [2.45, 2.75) is 20.8 Å². The van der Waals surface area contributed by atoms with Gasteiger partial charge in [-0.2, -0.15) is 5.26 Å². The van der Waals surface area contributed by atoms with Crippen LogP contribution in [-0.4, -0.2) is 19.1 Å². The maximum absolute atomic E-state index is 11.5. The number of nitrogens with one attached hydrogen (secondary N) is 1. The lowest BCUT2D eigenvalue weighted by atomic mass is 9.97. The fraction of sp³-hybridized carbons (Fsp3) is 0.429. The number of para-hydroxylation sites is 1. The third-order valence-corrected chi connectivity index (χ3v) is 2.18. The van der Waals surface area contributed by atoms with E-state index in [1.807, 2.05) is 26.8 Å². The molecule has 0 aliphatic heterocycles. The first-order valence-electron chi connectivity index (χ1n) is 5.81. The molecular weight excluding hydrogens is 228 g/mol. The zero-order chi connectivity index (χ0) is 13.6. The Hall–Kier alpha value is -2.02. The van der Waals surface area contributed by atoms with Crippen LogP contribution in [0.3, 0.4) is 0 Å². The molecule has 0 fully saturated rings. The van der Waals surface area contributed by atoms with Crippen LogP contribution in [0, 0.1) is 16.7 Å². The normalized spacial score (nSPS) is 10.6. The SMILES string of the molecule is CC(C)(C)CNC(=O)COc1ccccc1C#N. The molecule has 1 amide bonds. The van der Waals surface area contributed by atoms with Crippen molar-refractivity contribution in [3.05, 3.63) is 29.8 Å². The molecule has 0 aliphatic carbocycles. The molecule has 0 aliphatic rings. The van der Waals surface area contributed by atoms with E-state index in [0.717, 1.165) is 0 Å². The standard InChI is InChI=1S/C14H18N2O2/c1-14(2,3)10-16-13(17)9-18-12-7-5-4-6-11(12)8-15/h4-7H,9-10H2,1-3H3,(H,16,17). The number of amides is 1. The molecule has 0 atom stereocenters. The van der Waals surface area contributed by atoms with E-state index in [9.17, 15) is 4.79 Å². The Morgan fingerprint density at radius 2 is 2.06 bits per heavy atom. The van der Waals surface area contributed by atoms with E-state index in [0.29, 0.717) is 17.9 Å². The quantitative estimate of drug-likeness (QED) is 0.885. The highest BCUT2D eigenvalue weighted by Gasteiger charge is 2.12. The second-order valence-electron chi connectivity index (χ2n) is 5.23. The molecule has 0 bridgehead atoms. The minimum absolute atomic E-state index is 0.0419. The van der Waals surface area contributed by atoms with Crippen molar-refractivity contribution >= 4 is 5.91 Å². The van der Waals surface area contributed by atoms with Crippen molar-refractivity contribution < 1.29 is 9.53 Å². The monoisotopic (exact) mass is 246 g/mol. The molecule has 96 valence electrons. The predicted octanol–water partition coefficient (Wildman–Crippen LogP) is 2.10. The molecule has 0 aromatic heterocycles. The van der Waals surface area contributed by atoms with Gasteiger partial charge in [-0.25, -0.2) is 0 Å². The first kappa shape index (κ1) is 14.0. The molecule has 0 saturated carbocycles. The molecule has 0 unspecified atom stereocenters. The van der Waals surface area contributed by atoms with Crippen molar-refractivity contribution in [2.24, 2.45) is 5.41 Å². The third-order valence-electron chi connectivity index (χ3n) is 2.18. The number of hydrogen-bond donors (Lipinski definition) is 1. The number of benzene rings is 1. The number of carbonyl (C=O) groups is 1. The number of ether oxygens (including phenoxy) is 1. The molecule has 4 nitrogen and oxygen atoms in total. The van der Waals surface area contributed by atoms with Gasteiger partial charge in [0.2, 0.25) is 0 Å². The average molecular weight is 246 g/mol. The Labute approximate surface area is 108 Å². The summed E-state index contributed by atoms with van der Waals surface area (Å²) >= 11 is 0. The summed E-state index contributed by atoms with van der Waals surface area (Å²) in [5.74, 6) is 0.253. The summed E-state index contributed by atoms with van der Waals surface area (Å²) in [5, 5.41) is 11.6. The molecular formula is C14H18N2O2. The van der Waals surface area contributed by atoms with Crippen LogP contribution >= 0.6 is 0 Å². The molecule has 1 N–H and O–H groups in total. The Morgan fingerprint density at radius 1 is 1.39 bits per heavy atom. The van der Waals surface area contributed by atoms with Crippen LogP contribution < -0.4 is 10.1 Å². The summed E-state index contributed by atoms with van der Waals surface area (Å²) in [4.78, 5) is 11.5. The van der Waals surface area contributed by atoms with Gasteiger partial charge in [0.05, 0.1) is 5.56 Å². The Kier molecular flexibility index (Phi) is 4.73. The van der Waals surface area contributed by atoms with Crippen LogP contribution in [0.5, 0.6) is 5.75 Å². The second-order valence-corrected chi connectivity index (χ2v) is 5.23. The van der Waals surface area contributed by atoms with Crippen molar-refractivity contribution in [1.29, 1.82) is 5.26 Å². The van der Waals surface area contributed by atoms with Crippen LogP contribution in [0.4, 0.5) is 0 Å². The molecule has 1 aromatic rings. The zero-order valence-electron chi connectivity index (χ0n) is 11.0. The smallest absolute Gasteiger partial charge is 0.257 e. The third kappa shape index (κ3) is 4.88. The van der Waals surface area contributed by atoms with Crippen LogP contribution in [0.25, 0.3) is 0 Å². The number of hydrogen-bond acceptors (Lipinski definition) is 3. The fourth-order valence-electron chi connectivity index (χ4n) is 1.24. The maximum atomic E-state index is 11.5. The van der Waals surface area contributed by atoms with Crippen LogP contribution in [0.15, 0.2) is 24.3 Å². The van der Waals surface area contributed by atoms with E-state index >= 15 is 0 Å². The molecule has 1 aromatic carbocycles. The Balaban J connectivity index is 2.46. The summed E-state index contributed by atoms with van der Waals surface area (Å²) in [6.45, 7) is 6.64. The van der Waals surface area contributed by atoms with Crippen molar-refractivity contribution in [3.8, 4) is 11.8 Å². The highest BCUT2D eigenvalue weighted by Crippen LogP contribution is 2.16. The minimum Gasteiger partial charge on any atom is -0.482 e. The van der Waals surface area contributed by atoms with Crippen LogP contribution in [-0.2, 0) is 4.79 Å². The van der Waals surface area contributed by atoms with Crippen molar-refractivity contribution in [1.82, 2.24) is 5.32 Å². The van der Waals surface area contributed by atoms with Gasteiger partial charge in [-0.05, 0) is 17.5 Å². The lowest BCUT2D eigenvalue weighted by molar-refractivity contribution is -0.123. The highest BCUT2D eigenvalue weighted by atomic mass is 16.5. The van der Waals surface area contributed by atoms with E-state index < -0.39 is 0 Å². The Morgan fingerprint density at radius 3 is 2.67 bits per heavy atom. The van der Waals surface area contributed by atoms with Gasteiger partial charge in [0.1, 0.15) is 11.8 Å². The number of nitriles is 1. The molecule has 0 spiro atoms. The Bertz CT molecular complexity index is 456. The molecule has 0 saturated heterocycles. The number of nitrogens with zero attached hydrogens (tertiary/aromatic N) is 1. The van der Waals surface area contributed by atoms with Crippen LogP contribution in [0.2, 0.25) is 0 Å². The molecule has 18 heavy (non-hydrogen) atoms. The molecule has 0 heterocycles. The van der Waals surface area contributed by atoms with Gasteiger partial charge in [-0.3, -0.25) is 4.79 Å². The zero-order valence-corrected chi connectivity index (χ0v) is 11.0. The number of rotatable bonds is 4. The van der Waals surface area contributed by atoms with Crippen LogP contribution in [0.1, 0.15) is 26.3 Å². The van der Waals surface area contributed by atoms with Gasteiger partial charge in [0.15, 0.2) is 6.61 Å².